The highest BCUT2D eigenvalue weighted by Gasteiger charge is 2.28. The molecule has 2 aliphatic rings. The zero-order chi connectivity index (χ0) is 20.8. The predicted octanol–water partition coefficient (Wildman–Crippen LogP) is 5.34. The molecule has 162 valence electrons. The number of benzene rings is 1. The van der Waals surface area contributed by atoms with Crippen LogP contribution in [0.5, 0.6) is 5.75 Å². The molecule has 0 N–H and O–H groups in total. The smallest absolute Gasteiger partial charge is 0.409 e. The summed E-state index contributed by atoms with van der Waals surface area (Å²) in [6.07, 6.45) is 4.26. The molecule has 1 atom stereocenters. The van der Waals surface area contributed by atoms with Gasteiger partial charge >= 0.3 is 6.09 Å². The monoisotopic (exact) mass is 442 g/mol. The number of ether oxygens (including phenoxy) is 2. The van der Waals surface area contributed by atoms with Crippen LogP contribution in [0.2, 0.25) is 10.0 Å². The van der Waals surface area contributed by atoms with Crippen molar-refractivity contribution >= 4 is 29.3 Å². The molecule has 0 bridgehead atoms. The van der Waals surface area contributed by atoms with Crippen LogP contribution in [0.4, 0.5) is 4.79 Å². The summed E-state index contributed by atoms with van der Waals surface area (Å²) < 4.78 is 11.5. The fraction of sp³-hybridized carbons (Fsp3) is 0.682. The summed E-state index contributed by atoms with van der Waals surface area (Å²) in [6.45, 7) is 9.28. The molecule has 2 aliphatic heterocycles. The molecule has 2 fully saturated rings. The number of hydrogen-bond acceptors (Lipinski definition) is 4. The molecule has 7 heteroatoms. The van der Waals surface area contributed by atoms with E-state index in [2.05, 4.69) is 18.7 Å². The standard InChI is InChI=1S/C22H32Cl2N2O3/c1-16(2)15-28-22(27)26-9-3-4-17(14-26)13-25-10-7-18(8-11-25)29-19-5-6-20(23)21(24)12-19/h5-6,12,16-18H,3-4,7-11,13-15H2,1-2H3. The van der Waals surface area contributed by atoms with Gasteiger partial charge in [0, 0.05) is 38.8 Å². The Balaban J connectivity index is 1.40. The SMILES string of the molecule is CC(C)COC(=O)N1CCCC(CN2CCC(Oc3ccc(Cl)c(Cl)c3)CC2)C1. The number of rotatable bonds is 6. The first-order valence-electron chi connectivity index (χ1n) is 10.7. The Morgan fingerprint density at radius 2 is 1.90 bits per heavy atom. The van der Waals surface area contributed by atoms with E-state index in [1.807, 2.05) is 11.0 Å². The maximum atomic E-state index is 12.3. The van der Waals surface area contributed by atoms with Crippen molar-refractivity contribution in [3.05, 3.63) is 28.2 Å². The van der Waals surface area contributed by atoms with E-state index in [1.54, 1.807) is 12.1 Å². The first-order valence-corrected chi connectivity index (χ1v) is 11.4. The minimum atomic E-state index is -0.155. The van der Waals surface area contributed by atoms with Gasteiger partial charge in [-0.15, -0.1) is 0 Å². The number of piperidine rings is 2. The van der Waals surface area contributed by atoms with E-state index in [0.717, 1.165) is 57.7 Å². The van der Waals surface area contributed by atoms with Gasteiger partial charge in [0.1, 0.15) is 11.9 Å². The van der Waals surface area contributed by atoms with Crippen LogP contribution < -0.4 is 4.74 Å². The molecule has 3 rings (SSSR count). The molecule has 0 saturated carbocycles. The fourth-order valence-corrected chi connectivity index (χ4v) is 4.31. The van der Waals surface area contributed by atoms with Crippen LogP contribution in [-0.4, -0.2) is 61.3 Å². The lowest BCUT2D eigenvalue weighted by atomic mass is 9.96. The fourth-order valence-electron chi connectivity index (χ4n) is 4.03. The van der Waals surface area contributed by atoms with Crippen LogP contribution in [0.1, 0.15) is 39.5 Å². The van der Waals surface area contributed by atoms with Crippen LogP contribution in [0.3, 0.4) is 0 Å². The summed E-state index contributed by atoms with van der Waals surface area (Å²) in [4.78, 5) is 16.6. The maximum Gasteiger partial charge on any atom is 0.409 e. The minimum Gasteiger partial charge on any atom is -0.490 e. The largest absolute Gasteiger partial charge is 0.490 e. The average Bonchev–Trinajstić information content (AvgIpc) is 2.70. The molecule has 0 radical (unpaired) electrons. The Hall–Kier alpha value is -1.17. The summed E-state index contributed by atoms with van der Waals surface area (Å²) in [5, 5.41) is 1.07. The van der Waals surface area contributed by atoms with Crippen LogP contribution in [0.25, 0.3) is 0 Å². The summed E-state index contributed by atoms with van der Waals surface area (Å²) >= 11 is 12.0. The van der Waals surface area contributed by atoms with E-state index in [4.69, 9.17) is 32.7 Å². The Morgan fingerprint density at radius 1 is 1.14 bits per heavy atom. The lowest BCUT2D eigenvalue weighted by Gasteiger charge is -2.38. The zero-order valence-corrected chi connectivity index (χ0v) is 18.9. The van der Waals surface area contributed by atoms with Gasteiger partial charge < -0.3 is 19.3 Å². The molecular weight excluding hydrogens is 411 g/mol. The molecule has 2 saturated heterocycles. The van der Waals surface area contributed by atoms with Crippen LogP contribution in [0.15, 0.2) is 18.2 Å². The molecule has 1 unspecified atom stereocenters. The molecule has 5 nitrogen and oxygen atoms in total. The van der Waals surface area contributed by atoms with Crippen molar-refractivity contribution in [1.82, 2.24) is 9.80 Å². The van der Waals surface area contributed by atoms with Gasteiger partial charge in [-0.1, -0.05) is 37.0 Å². The van der Waals surface area contributed by atoms with E-state index >= 15 is 0 Å². The number of hydrogen-bond donors (Lipinski definition) is 0. The highest BCUT2D eigenvalue weighted by Crippen LogP contribution is 2.28. The highest BCUT2D eigenvalue weighted by molar-refractivity contribution is 6.42. The van der Waals surface area contributed by atoms with Gasteiger partial charge in [0.25, 0.3) is 0 Å². The van der Waals surface area contributed by atoms with E-state index in [9.17, 15) is 4.79 Å². The van der Waals surface area contributed by atoms with E-state index in [1.165, 1.54) is 6.42 Å². The Kier molecular flexibility index (Phi) is 8.34. The lowest BCUT2D eigenvalue weighted by Crippen LogP contribution is -2.46. The quantitative estimate of drug-likeness (QED) is 0.595. The Bertz CT molecular complexity index is 678. The summed E-state index contributed by atoms with van der Waals surface area (Å²) in [6, 6.07) is 5.43. The van der Waals surface area contributed by atoms with Gasteiger partial charge in [-0.3, -0.25) is 0 Å². The van der Waals surface area contributed by atoms with E-state index in [0.29, 0.717) is 28.5 Å². The lowest BCUT2D eigenvalue weighted by molar-refractivity contribution is 0.0579. The van der Waals surface area contributed by atoms with Crippen molar-refractivity contribution in [1.29, 1.82) is 0 Å². The predicted molar refractivity (Wildman–Crippen MR) is 117 cm³/mol. The second-order valence-electron chi connectivity index (χ2n) is 8.62. The van der Waals surface area contributed by atoms with Gasteiger partial charge in [-0.2, -0.15) is 0 Å². The third-order valence-electron chi connectivity index (χ3n) is 5.56. The number of carbonyl (C=O) groups excluding carboxylic acids is 1. The van der Waals surface area contributed by atoms with Gasteiger partial charge in [-0.25, -0.2) is 4.79 Å². The van der Waals surface area contributed by atoms with Gasteiger partial charge in [0.2, 0.25) is 0 Å². The molecular formula is C22H32Cl2N2O3. The van der Waals surface area contributed by atoms with Crippen molar-refractivity contribution in [2.45, 2.75) is 45.6 Å². The molecule has 29 heavy (non-hydrogen) atoms. The summed E-state index contributed by atoms with van der Waals surface area (Å²) in [7, 11) is 0. The van der Waals surface area contributed by atoms with Crippen molar-refractivity contribution < 1.29 is 14.3 Å². The Labute approximate surface area is 184 Å². The maximum absolute atomic E-state index is 12.3. The molecule has 1 aromatic rings. The molecule has 0 spiro atoms. The normalized spacial score (nSPS) is 21.4. The number of carbonyl (C=O) groups is 1. The number of amides is 1. The van der Waals surface area contributed by atoms with E-state index < -0.39 is 0 Å². The zero-order valence-electron chi connectivity index (χ0n) is 17.4. The molecule has 0 aromatic heterocycles. The van der Waals surface area contributed by atoms with Crippen molar-refractivity contribution in [3.8, 4) is 5.75 Å². The van der Waals surface area contributed by atoms with Gasteiger partial charge in [-0.05, 0) is 49.7 Å². The van der Waals surface area contributed by atoms with E-state index in [-0.39, 0.29) is 12.2 Å². The van der Waals surface area contributed by atoms with Crippen LogP contribution in [0, 0.1) is 11.8 Å². The summed E-state index contributed by atoms with van der Waals surface area (Å²) in [5.41, 5.74) is 0. The number of halogens is 2. The van der Waals surface area contributed by atoms with Crippen LogP contribution in [-0.2, 0) is 4.74 Å². The average molecular weight is 443 g/mol. The third kappa shape index (κ3) is 6.94. The molecule has 1 amide bonds. The third-order valence-corrected chi connectivity index (χ3v) is 6.30. The number of nitrogens with zero attached hydrogens (tertiary/aromatic N) is 2. The van der Waals surface area contributed by atoms with Gasteiger partial charge in [0.15, 0.2) is 0 Å². The minimum absolute atomic E-state index is 0.155. The second kappa shape index (κ2) is 10.7. The first-order chi connectivity index (χ1) is 13.9. The molecule has 0 aliphatic carbocycles. The van der Waals surface area contributed by atoms with Crippen molar-refractivity contribution in [3.63, 3.8) is 0 Å². The number of likely N-dealkylation sites (tertiary alicyclic amines) is 2. The van der Waals surface area contributed by atoms with Crippen molar-refractivity contribution in [2.24, 2.45) is 11.8 Å². The second-order valence-corrected chi connectivity index (χ2v) is 9.43. The Morgan fingerprint density at radius 3 is 2.59 bits per heavy atom. The van der Waals surface area contributed by atoms with Gasteiger partial charge in [0.05, 0.1) is 16.7 Å². The first kappa shape index (κ1) is 22.5. The highest BCUT2D eigenvalue weighted by atomic mass is 35.5. The topological polar surface area (TPSA) is 42.0 Å². The molecule has 2 heterocycles. The van der Waals surface area contributed by atoms with Crippen LogP contribution >= 0.6 is 23.2 Å². The molecule has 1 aromatic carbocycles. The summed E-state index contributed by atoms with van der Waals surface area (Å²) in [5.74, 6) is 1.66. The van der Waals surface area contributed by atoms with Crippen molar-refractivity contribution in [2.75, 3.05) is 39.3 Å².